The lowest BCUT2D eigenvalue weighted by molar-refractivity contribution is 0.409. The van der Waals surface area contributed by atoms with Crippen molar-refractivity contribution >= 4 is 0 Å². The summed E-state index contributed by atoms with van der Waals surface area (Å²) in [7, 11) is 0. The van der Waals surface area contributed by atoms with Gasteiger partial charge < -0.3 is 10.8 Å². The van der Waals surface area contributed by atoms with Crippen molar-refractivity contribution in [2.75, 3.05) is 0 Å². The van der Waals surface area contributed by atoms with Crippen LogP contribution in [0.4, 0.5) is 4.39 Å². The molecular formula is C12H18FNO. The molecule has 3 heteroatoms. The SMILES string of the molecule is Cc1ccc([C@H](N)CC(C)C)c(O)c1F. The maximum Gasteiger partial charge on any atom is 0.168 e. The fourth-order valence-corrected chi connectivity index (χ4v) is 1.61. The van der Waals surface area contributed by atoms with E-state index < -0.39 is 5.82 Å². The lowest BCUT2D eigenvalue weighted by Crippen LogP contribution is -2.13. The molecule has 0 radical (unpaired) electrons. The third-order valence-electron chi connectivity index (χ3n) is 2.47. The molecule has 0 saturated carbocycles. The molecule has 0 unspecified atom stereocenters. The van der Waals surface area contributed by atoms with Gasteiger partial charge in [0.25, 0.3) is 0 Å². The minimum Gasteiger partial charge on any atom is -0.505 e. The number of phenolic OH excluding ortho intramolecular Hbond substituents is 1. The molecule has 1 rings (SSSR count). The van der Waals surface area contributed by atoms with Gasteiger partial charge in [-0.2, -0.15) is 0 Å². The highest BCUT2D eigenvalue weighted by Gasteiger charge is 2.16. The molecule has 15 heavy (non-hydrogen) atoms. The lowest BCUT2D eigenvalue weighted by atomic mass is 9.96. The molecule has 0 fully saturated rings. The number of rotatable bonds is 3. The van der Waals surface area contributed by atoms with Crippen molar-refractivity contribution in [3.05, 3.63) is 29.1 Å². The zero-order chi connectivity index (χ0) is 11.6. The average molecular weight is 211 g/mol. The molecule has 0 saturated heterocycles. The minimum atomic E-state index is -0.563. The van der Waals surface area contributed by atoms with Crippen molar-refractivity contribution in [3.63, 3.8) is 0 Å². The molecular weight excluding hydrogens is 193 g/mol. The monoisotopic (exact) mass is 211 g/mol. The Morgan fingerprint density at radius 3 is 2.53 bits per heavy atom. The summed E-state index contributed by atoms with van der Waals surface area (Å²) in [6.45, 7) is 5.70. The van der Waals surface area contributed by atoms with Crippen molar-refractivity contribution in [3.8, 4) is 5.75 Å². The van der Waals surface area contributed by atoms with E-state index >= 15 is 0 Å². The van der Waals surface area contributed by atoms with E-state index in [0.717, 1.165) is 6.42 Å². The normalized spacial score (nSPS) is 13.2. The highest BCUT2D eigenvalue weighted by molar-refractivity contribution is 5.39. The van der Waals surface area contributed by atoms with Crippen molar-refractivity contribution in [2.24, 2.45) is 11.7 Å². The first-order valence-corrected chi connectivity index (χ1v) is 5.17. The van der Waals surface area contributed by atoms with Gasteiger partial charge in [0.15, 0.2) is 11.6 Å². The van der Waals surface area contributed by atoms with Gasteiger partial charge in [-0.05, 0) is 24.8 Å². The van der Waals surface area contributed by atoms with Gasteiger partial charge in [-0.25, -0.2) is 4.39 Å². The molecule has 0 aliphatic carbocycles. The molecule has 0 amide bonds. The zero-order valence-corrected chi connectivity index (χ0v) is 9.42. The second kappa shape index (κ2) is 4.62. The minimum absolute atomic E-state index is 0.303. The van der Waals surface area contributed by atoms with Gasteiger partial charge in [-0.15, -0.1) is 0 Å². The van der Waals surface area contributed by atoms with Crippen LogP contribution in [-0.2, 0) is 0 Å². The Labute approximate surface area is 89.9 Å². The largest absolute Gasteiger partial charge is 0.505 e. The summed E-state index contributed by atoms with van der Waals surface area (Å²) >= 11 is 0. The van der Waals surface area contributed by atoms with Gasteiger partial charge in [0.1, 0.15) is 0 Å². The molecule has 0 heterocycles. The zero-order valence-electron chi connectivity index (χ0n) is 9.42. The summed E-state index contributed by atoms with van der Waals surface area (Å²) in [5, 5.41) is 9.61. The van der Waals surface area contributed by atoms with E-state index in [-0.39, 0.29) is 11.8 Å². The molecule has 0 aliphatic rings. The topological polar surface area (TPSA) is 46.2 Å². The van der Waals surface area contributed by atoms with E-state index in [4.69, 9.17) is 5.73 Å². The van der Waals surface area contributed by atoms with E-state index in [0.29, 0.717) is 17.0 Å². The molecule has 0 spiro atoms. The molecule has 0 aromatic heterocycles. The molecule has 1 atom stereocenters. The molecule has 0 aliphatic heterocycles. The molecule has 3 N–H and O–H groups in total. The smallest absolute Gasteiger partial charge is 0.168 e. The Morgan fingerprint density at radius 2 is 2.00 bits per heavy atom. The maximum absolute atomic E-state index is 13.4. The molecule has 1 aromatic carbocycles. The van der Waals surface area contributed by atoms with Crippen LogP contribution >= 0.6 is 0 Å². The summed E-state index contributed by atoms with van der Waals surface area (Å²) in [5.74, 6) is -0.446. The van der Waals surface area contributed by atoms with E-state index in [9.17, 15) is 9.50 Å². The number of aromatic hydroxyl groups is 1. The van der Waals surface area contributed by atoms with E-state index in [1.54, 1.807) is 19.1 Å². The average Bonchev–Trinajstić information content (AvgIpc) is 2.13. The van der Waals surface area contributed by atoms with Gasteiger partial charge in [0, 0.05) is 11.6 Å². The molecule has 1 aromatic rings. The van der Waals surface area contributed by atoms with Gasteiger partial charge >= 0.3 is 0 Å². The van der Waals surface area contributed by atoms with Gasteiger partial charge in [-0.3, -0.25) is 0 Å². The van der Waals surface area contributed by atoms with Gasteiger partial charge in [-0.1, -0.05) is 26.0 Å². The molecule has 2 nitrogen and oxygen atoms in total. The third-order valence-corrected chi connectivity index (χ3v) is 2.47. The van der Waals surface area contributed by atoms with Crippen LogP contribution in [0, 0.1) is 18.7 Å². The first-order valence-electron chi connectivity index (χ1n) is 5.17. The second-order valence-electron chi connectivity index (χ2n) is 4.37. The summed E-state index contributed by atoms with van der Waals surface area (Å²) < 4.78 is 13.4. The van der Waals surface area contributed by atoms with Crippen molar-refractivity contribution in [1.82, 2.24) is 0 Å². The fraction of sp³-hybridized carbons (Fsp3) is 0.500. The predicted octanol–water partition coefficient (Wildman–Crippen LogP) is 2.89. The van der Waals surface area contributed by atoms with Crippen LogP contribution in [0.3, 0.4) is 0 Å². The quantitative estimate of drug-likeness (QED) is 0.807. The highest BCUT2D eigenvalue weighted by Crippen LogP contribution is 2.30. The standard InChI is InChI=1S/C12H18FNO/c1-7(2)6-10(14)9-5-4-8(3)11(13)12(9)15/h4-5,7,10,15H,6,14H2,1-3H3/t10-/m1/s1. The van der Waals surface area contributed by atoms with Gasteiger partial charge in [0.05, 0.1) is 0 Å². The number of benzene rings is 1. The Balaban J connectivity index is 3.00. The lowest BCUT2D eigenvalue weighted by Gasteiger charge is -2.16. The summed E-state index contributed by atoms with van der Waals surface area (Å²) in [6, 6.07) is 3.03. The van der Waals surface area contributed by atoms with Crippen molar-refractivity contribution < 1.29 is 9.50 Å². The van der Waals surface area contributed by atoms with Crippen LogP contribution in [-0.4, -0.2) is 5.11 Å². The second-order valence-corrected chi connectivity index (χ2v) is 4.37. The van der Waals surface area contributed by atoms with Crippen LogP contribution in [0.2, 0.25) is 0 Å². The number of halogens is 1. The number of hydrogen-bond donors (Lipinski definition) is 2. The number of nitrogens with two attached hydrogens (primary N) is 1. The van der Waals surface area contributed by atoms with Crippen LogP contribution in [0.1, 0.15) is 37.4 Å². The van der Waals surface area contributed by atoms with E-state index in [1.165, 1.54) is 0 Å². The Kier molecular flexibility index (Phi) is 3.69. The first-order chi connectivity index (χ1) is 6.93. The Morgan fingerprint density at radius 1 is 1.40 bits per heavy atom. The van der Waals surface area contributed by atoms with Crippen molar-refractivity contribution in [2.45, 2.75) is 33.2 Å². The predicted molar refractivity (Wildman–Crippen MR) is 59.2 cm³/mol. The summed E-state index contributed by atoms with van der Waals surface area (Å²) in [6.07, 6.45) is 0.732. The number of hydrogen-bond acceptors (Lipinski definition) is 2. The Hall–Kier alpha value is -1.09. The number of aryl methyl sites for hydroxylation is 1. The van der Waals surface area contributed by atoms with Gasteiger partial charge in [0.2, 0.25) is 0 Å². The van der Waals surface area contributed by atoms with Crippen LogP contribution in [0.5, 0.6) is 5.75 Å². The van der Waals surface area contributed by atoms with Crippen LogP contribution < -0.4 is 5.73 Å². The van der Waals surface area contributed by atoms with Crippen molar-refractivity contribution in [1.29, 1.82) is 0 Å². The fourth-order valence-electron chi connectivity index (χ4n) is 1.61. The maximum atomic E-state index is 13.4. The summed E-state index contributed by atoms with van der Waals surface area (Å²) in [5.41, 5.74) is 6.82. The first kappa shape index (κ1) is 12.0. The summed E-state index contributed by atoms with van der Waals surface area (Å²) in [4.78, 5) is 0. The van der Waals surface area contributed by atoms with E-state index in [1.807, 2.05) is 13.8 Å². The number of phenols is 1. The molecule has 0 bridgehead atoms. The third kappa shape index (κ3) is 2.69. The Bertz CT molecular complexity index is 350. The highest BCUT2D eigenvalue weighted by atomic mass is 19.1. The molecule has 84 valence electrons. The van der Waals surface area contributed by atoms with Crippen LogP contribution in [0.15, 0.2) is 12.1 Å². The van der Waals surface area contributed by atoms with Crippen LogP contribution in [0.25, 0.3) is 0 Å². The van der Waals surface area contributed by atoms with E-state index in [2.05, 4.69) is 0 Å².